The van der Waals surface area contributed by atoms with Crippen LogP contribution < -0.4 is 5.32 Å². The van der Waals surface area contributed by atoms with Gasteiger partial charge in [-0.15, -0.1) is 0 Å². The fourth-order valence-electron chi connectivity index (χ4n) is 2.71. The maximum Gasteiger partial charge on any atom is 0.162 e. The van der Waals surface area contributed by atoms with Gasteiger partial charge in [0.05, 0.1) is 11.2 Å². The second-order valence-electron chi connectivity index (χ2n) is 6.27. The SMILES string of the molecule is CC(C)c1cc(Nc2nc(-c3ccccc3)nc3ccccc23)[nH]n1. The summed E-state index contributed by atoms with van der Waals surface area (Å²) >= 11 is 0. The molecule has 2 aromatic carbocycles. The highest BCUT2D eigenvalue weighted by Gasteiger charge is 2.11. The molecule has 0 aliphatic rings. The standard InChI is InChI=1S/C20H19N5/c1-13(2)17-12-18(25-24-17)22-20-15-10-6-7-11-16(15)21-19(23-20)14-8-4-3-5-9-14/h3-13H,1-2H3,(H2,21,22,23,24,25). The maximum absolute atomic E-state index is 4.75. The molecule has 0 saturated carbocycles. The van der Waals surface area contributed by atoms with E-state index in [1.54, 1.807) is 0 Å². The Balaban J connectivity index is 1.80. The first-order valence-corrected chi connectivity index (χ1v) is 8.35. The lowest BCUT2D eigenvalue weighted by atomic mass is 10.1. The fraction of sp³-hybridized carbons (Fsp3) is 0.150. The van der Waals surface area contributed by atoms with E-state index in [-0.39, 0.29) is 0 Å². The first-order chi connectivity index (χ1) is 12.2. The summed E-state index contributed by atoms with van der Waals surface area (Å²) < 4.78 is 0. The number of benzene rings is 2. The van der Waals surface area contributed by atoms with E-state index in [0.717, 1.165) is 33.8 Å². The number of H-pyrrole nitrogens is 1. The highest BCUT2D eigenvalue weighted by Crippen LogP contribution is 2.27. The van der Waals surface area contributed by atoms with Crippen molar-refractivity contribution in [2.45, 2.75) is 19.8 Å². The number of nitrogens with one attached hydrogen (secondary N) is 2. The van der Waals surface area contributed by atoms with E-state index < -0.39 is 0 Å². The average molecular weight is 329 g/mol. The van der Waals surface area contributed by atoms with Crippen molar-refractivity contribution in [2.75, 3.05) is 5.32 Å². The normalized spacial score (nSPS) is 11.2. The second kappa shape index (κ2) is 6.36. The second-order valence-corrected chi connectivity index (χ2v) is 6.27. The van der Waals surface area contributed by atoms with Crippen LogP contribution in [-0.4, -0.2) is 20.2 Å². The van der Waals surface area contributed by atoms with Crippen LogP contribution >= 0.6 is 0 Å². The Morgan fingerprint density at radius 3 is 2.44 bits per heavy atom. The summed E-state index contributed by atoms with van der Waals surface area (Å²) in [7, 11) is 0. The minimum absolute atomic E-state index is 0.369. The summed E-state index contributed by atoms with van der Waals surface area (Å²) in [5.41, 5.74) is 2.91. The number of fused-ring (bicyclic) bond motifs is 1. The van der Waals surface area contributed by atoms with Crippen molar-refractivity contribution in [2.24, 2.45) is 0 Å². The zero-order chi connectivity index (χ0) is 17.2. The Morgan fingerprint density at radius 1 is 0.920 bits per heavy atom. The summed E-state index contributed by atoms with van der Waals surface area (Å²) in [6.07, 6.45) is 0. The average Bonchev–Trinajstić information content (AvgIpc) is 3.11. The lowest BCUT2D eigenvalue weighted by Gasteiger charge is -2.09. The van der Waals surface area contributed by atoms with E-state index in [4.69, 9.17) is 9.97 Å². The lowest BCUT2D eigenvalue weighted by Crippen LogP contribution is -1.99. The zero-order valence-corrected chi connectivity index (χ0v) is 14.2. The number of aromatic nitrogens is 4. The van der Waals surface area contributed by atoms with E-state index in [1.165, 1.54) is 0 Å². The van der Waals surface area contributed by atoms with Gasteiger partial charge in [-0.05, 0) is 18.1 Å². The molecule has 5 nitrogen and oxygen atoms in total. The molecule has 2 N–H and O–H groups in total. The van der Waals surface area contributed by atoms with Gasteiger partial charge in [0.15, 0.2) is 5.82 Å². The van der Waals surface area contributed by atoms with Crippen molar-refractivity contribution >= 4 is 22.5 Å². The van der Waals surface area contributed by atoms with E-state index in [0.29, 0.717) is 11.7 Å². The minimum Gasteiger partial charge on any atom is -0.325 e. The Labute approximate surface area is 146 Å². The fourth-order valence-corrected chi connectivity index (χ4v) is 2.71. The van der Waals surface area contributed by atoms with Crippen LogP contribution in [0.3, 0.4) is 0 Å². The molecule has 124 valence electrons. The van der Waals surface area contributed by atoms with Crippen LogP contribution in [0.4, 0.5) is 11.6 Å². The van der Waals surface area contributed by atoms with Gasteiger partial charge in [-0.2, -0.15) is 5.10 Å². The predicted molar refractivity (Wildman–Crippen MR) is 101 cm³/mol. The molecule has 0 atom stereocenters. The molecule has 0 aliphatic carbocycles. The Morgan fingerprint density at radius 2 is 1.68 bits per heavy atom. The number of nitrogens with zero attached hydrogens (tertiary/aromatic N) is 3. The topological polar surface area (TPSA) is 66.5 Å². The van der Waals surface area contributed by atoms with Gasteiger partial charge in [0.1, 0.15) is 11.6 Å². The number of para-hydroxylation sites is 1. The van der Waals surface area contributed by atoms with Gasteiger partial charge >= 0.3 is 0 Å². The molecule has 0 unspecified atom stereocenters. The molecule has 0 radical (unpaired) electrons. The van der Waals surface area contributed by atoms with Crippen LogP contribution in [0, 0.1) is 0 Å². The van der Waals surface area contributed by atoms with Gasteiger partial charge in [0.2, 0.25) is 0 Å². The van der Waals surface area contributed by atoms with E-state index in [9.17, 15) is 0 Å². The smallest absolute Gasteiger partial charge is 0.162 e. The van der Waals surface area contributed by atoms with Gasteiger partial charge < -0.3 is 5.32 Å². The highest BCUT2D eigenvalue weighted by atomic mass is 15.2. The van der Waals surface area contributed by atoms with Gasteiger partial charge in [-0.25, -0.2) is 9.97 Å². The van der Waals surface area contributed by atoms with Crippen LogP contribution in [0.2, 0.25) is 0 Å². The van der Waals surface area contributed by atoms with E-state index in [2.05, 4.69) is 29.4 Å². The van der Waals surface area contributed by atoms with Crippen molar-refractivity contribution in [1.82, 2.24) is 20.2 Å². The van der Waals surface area contributed by atoms with Crippen LogP contribution in [0.25, 0.3) is 22.3 Å². The Bertz CT molecular complexity index is 1000. The third-order valence-electron chi connectivity index (χ3n) is 4.08. The molecule has 25 heavy (non-hydrogen) atoms. The largest absolute Gasteiger partial charge is 0.325 e. The first kappa shape index (κ1) is 15.3. The molecule has 5 heteroatoms. The molecule has 4 rings (SSSR count). The molecule has 4 aromatic rings. The molecule has 0 spiro atoms. The number of aromatic amines is 1. The monoisotopic (exact) mass is 329 g/mol. The van der Waals surface area contributed by atoms with E-state index >= 15 is 0 Å². The minimum atomic E-state index is 0.369. The van der Waals surface area contributed by atoms with Crippen molar-refractivity contribution in [3.63, 3.8) is 0 Å². The number of hydrogen-bond acceptors (Lipinski definition) is 4. The zero-order valence-electron chi connectivity index (χ0n) is 14.2. The van der Waals surface area contributed by atoms with Crippen LogP contribution in [0.5, 0.6) is 0 Å². The molecule has 0 aliphatic heterocycles. The van der Waals surface area contributed by atoms with Crippen molar-refractivity contribution < 1.29 is 0 Å². The van der Waals surface area contributed by atoms with Crippen molar-refractivity contribution in [3.05, 3.63) is 66.4 Å². The van der Waals surface area contributed by atoms with Crippen molar-refractivity contribution in [1.29, 1.82) is 0 Å². The molecule has 0 bridgehead atoms. The van der Waals surface area contributed by atoms with Crippen LogP contribution in [0.15, 0.2) is 60.7 Å². The summed E-state index contributed by atoms with van der Waals surface area (Å²) in [6.45, 7) is 4.24. The first-order valence-electron chi connectivity index (χ1n) is 8.35. The molecule has 2 aromatic heterocycles. The highest BCUT2D eigenvalue weighted by molar-refractivity contribution is 5.91. The summed E-state index contributed by atoms with van der Waals surface area (Å²) in [4.78, 5) is 9.45. The number of hydrogen-bond donors (Lipinski definition) is 2. The summed E-state index contributed by atoms with van der Waals surface area (Å²) in [5.74, 6) is 2.66. The number of anilines is 2. The molecular formula is C20H19N5. The third kappa shape index (κ3) is 3.08. The molecular weight excluding hydrogens is 310 g/mol. The van der Waals surface area contributed by atoms with Crippen LogP contribution in [-0.2, 0) is 0 Å². The van der Waals surface area contributed by atoms with Crippen molar-refractivity contribution in [3.8, 4) is 11.4 Å². The van der Waals surface area contributed by atoms with Crippen LogP contribution in [0.1, 0.15) is 25.5 Å². The number of rotatable bonds is 4. The summed E-state index contributed by atoms with van der Waals surface area (Å²) in [5, 5.41) is 11.7. The molecule has 0 fully saturated rings. The predicted octanol–water partition coefficient (Wildman–Crippen LogP) is 4.89. The third-order valence-corrected chi connectivity index (χ3v) is 4.08. The maximum atomic E-state index is 4.75. The summed E-state index contributed by atoms with van der Waals surface area (Å²) in [6, 6.07) is 20.0. The molecule has 0 amide bonds. The Kier molecular flexibility index (Phi) is 3.90. The van der Waals surface area contributed by atoms with E-state index in [1.807, 2.05) is 60.7 Å². The van der Waals surface area contributed by atoms with Gasteiger partial charge in [-0.3, -0.25) is 5.10 Å². The quantitative estimate of drug-likeness (QED) is 0.559. The molecule has 0 saturated heterocycles. The molecule has 2 heterocycles. The Hall–Kier alpha value is -3.21. The van der Waals surface area contributed by atoms with Gasteiger partial charge in [0, 0.05) is 17.0 Å². The van der Waals surface area contributed by atoms with Gasteiger partial charge in [-0.1, -0.05) is 56.3 Å². The lowest BCUT2D eigenvalue weighted by molar-refractivity contribution is 0.811. The van der Waals surface area contributed by atoms with Gasteiger partial charge in [0.25, 0.3) is 0 Å².